The lowest BCUT2D eigenvalue weighted by Gasteiger charge is -2.22. The minimum atomic E-state index is -1.60. The average Bonchev–Trinajstić information content (AvgIpc) is 2.70. The van der Waals surface area contributed by atoms with Gasteiger partial charge in [0.05, 0.1) is 16.7 Å². The molecule has 2 rings (SSSR count). The fourth-order valence-corrected chi connectivity index (χ4v) is 4.11. The Morgan fingerprint density at radius 2 is 1.55 bits per heavy atom. The van der Waals surface area contributed by atoms with Gasteiger partial charge in [0, 0.05) is 35.6 Å². The third kappa shape index (κ3) is 6.24. The van der Waals surface area contributed by atoms with Crippen LogP contribution in [0.3, 0.4) is 0 Å². The van der Waals surface area contributed by atoms with E-state index in [1.165, 1.54) is 6.92 Å². The number of amides is 2. The van der Waals surface area contributed by atoms with E-state index in [9.17, 15) is 23.7 Å². The molecule has 2 aromatic rings. The predicted molar refractivity (Wildman–Crippen MR) is 112 cm³/mol. The molecule has 0 aliphatic rings. The van der Waals surface area contributed by atoms with Gasteiger partial charge in [-0.2, -0.15) is 0 Å². The third-order valence-electron chi connectivity index (χ3n) is 4.38. The van der Waals surface area contributed by atoms with E-state index in [2.05, 4.69) is 0 Å². The molecule has 2 amide bonds. The molecule has 0 aromatic heterocycles. The van der Waals surface area contributed by atoms with Crippen molar-refractivity contribution < 1.29 is 23.7 Å². The number of carbonyl (C=O) groups excluding carboxylic acids is 2. The quantitative estimate of drug-likeness (QED) is 0.683. The van der Waals surface area contributed by atoms with Crippen LogP contribution in [0.1, 0.15) is 20.3 Å². The van der Waals surface area contributed by atoms with Crippen molar-refractivity contribution in [2.24, 2.45) is 5.92 Å². The van der Waals surface area contributed by atoms with Gasteiger partial charge in [-0.05, 0) is 35.4 Å². The van der Waals surface area contributed by atoms with Gasteiger partial charge in [0.2, 0.25) is 11.8 Å². The molecule has 0 heterocycles. The lowest BCUT2D eigenvalue weighted by atomic mass is 10.1. The normalized spacial score (nSPS) is 12.8. The highest BCUT2D eigenvalue weighted by Crippen LogP contribution is 2.23. The van der Waals surface area contributed by atoms with Gasteiger partial charge in [-0.25, -0.2) is 0 Å². The van der Waals surface area contributed by atoms with Crippen LogP contribution in [0, 0.1) is 5.92 Å². The minimum absolute atomic E-state index is 0.0845. The number of imide groups is 1. The summed E-state index contributed by atoms with van der Waals surface area (Å²) in [4.78, 5) is 36.6. The number of carboxylic acids is 1. The van der Waals surface area contributed by atoms with Crippen LogP contribution >= 0.6 is 11.6 Å². The van der Waals surface area contributed by atoms with Crippen molar-refractivity contribution >= 4 is 40.2 Å². The van der Waals surface area contributed by atoms with E-state index in [0.29, 0.717) is 9.92 Å². The van der Waals surface area contributed by atoms with Crippen LogP contribution in [0.15, 0.2) is 53.4 Å². The molecule has 8 heteroatoms. The van der Waals surface area contributed by atoms with E-state index in [0.717, 1.165) is 16.0 Å². The Labute approximate surface area is 176 Å². The summed E-state index contributed by atoms with van der Waals surface area (Å²) >= 11 is 5.89. The molecule has 6 nitrogen and oxygen atoms in total. The van der Waals surface area contributed by atoms with Crippen LogP contribution in [-0.2, 0) is 25.2 Å². The second-order valence-corrected chi connectivity index (χ2v) is 8.39. The summed E-state index contributed by atoms with van der Waals surface area (Å²) < 4.78 is 12.7. The molecule has 29 heavy (non-hydrogen) atoms. The Bertz CT molecular complexity index is 912. The molecule has 1 N–H and O–H groups in total. The predicted octanol–water partition coefficient (Wildman–Crippen LogP) is 3.60. The molecule has 0 fully saturated rings. The monoisotopic (exact) mass is 435 g/mol. The standard InChI is InChI=1S/C21H22ClNO5S/c1-3-20(25)23(14(2)24)12-17(21(26)27)13-29(28)19-10-6-16(7-11-19)15-4-8-18(22)9-5-15/h4-11,17H,3,12-13H2,1-2H3,(H,26,27). The highest BCUT2D eigenvalue weighted by molar-refractivity contribution is 7.85. The number of rotatable bonds is 8. The topological polar surface area (TPSA) is 91.8 Å². The molecule has 0 aliphatic carbocycles. The van der Waals surface area contributed by atoms with Gasteiger partial charge in [0.15, 0.2) is 0 Å². The van der Waals surface area contributed by atoms with Crippen molar-refractivity contribution in [3.8, 4) is 11.1 Å². The maximum absolute atomic E-state index is 12.7. The second kappa shape index (κ2) is 10.3. The van der Waals surface area contributed by atoms with Crippen molar-refractivity contribution in [3.63, 3.8) is 0 Å². The fraction of sp³-hybridized carbons (Fsp3) is 0.286. The van der Waals surface area contributed by atoms with Gasteiger partial charge in [-0.3, -0.25) is 23.5 Å². The number of hydrogen-bond acceptors (Lipinski definition) is 4. The lowest BCUT2D eigenvalue weighted by molar-refractivity contribution is -0.147. The Balaban J connectivity index is 2.13. The van der Waals surface area contributed by atoms with E-state index in [-0.39, 0.29) is 18.7 Å². The van der Waals surface area contributed by atoms with Gasteiger partial charge >= 0.3 is 5.97 Å². The summed E-state index contributed by atoms with van der Waals surface area (Å²) in [7, 11) is -1.60. The number of nitrogens with zero attached hydrogens (tertiary/aromatic N) is 1. The van der Waals surface area contributed by atoms with E-state index in [4.69, 9.17) is 11.6 Å². The smallest absolute Gasteiger partial charge is 0.309 e. The fourth-order valence-electron chi connectivity index (χ4n) is 2.74. The number of hydrogen-bond donors (Lipinski definition) is 1. The maximum Gasteiger partial charge on any atom is 0.309 e. The molecule has 0 radical (unpaired) electrons. The summed E-state index contributed by atoms with van der Waals surface area (Å²) in [6.45, 7) is 2.50. The summed E-state index contributed by atoms with van der Waals surface area (Å²) in [6.07, 6.45) is 0.0845. The second-order valence-electron chi connectivity index (χ2n) is 6.46. The third-order valence-corrected chi connectivity index (χ3v) is 6.14. The van der Waals surface area contributed by atoms with Crippen LogP contribution in [0.4, 0.5) is 0 Å². The molecule has 2 atom stereocenters. The van der Waals surface area contributed by atoms with Crippen molar-refractivity contribution in [1.82, 2.24) is 4.90 Å². The molecule has 0 saturated carbocycles. The van der Waals surface area contributed by atoms with Crippen LogP contribution in [0.5, 0.6) is 0 Å². The highest BCUT2D eigenvalue weighted by Gasteiger charge is 2.28. The number of halogens is 1. The zero-order chi connectivity index (χ0) is 21.6. The molecule has 0 bridgehead atoms. The first-order chi connectivity index (χ1) is 13.7. The molecule has 2 aromatic carbocycles. The van der Waals surface area contributed by atoms with Crippen molar-refractivity contribution in [2.45, 2.75) is 25.2 Å². The van der Waals surface area contributed by atoms with Gasteiger partial charge in [-0.15, -0.1) is 0 Å². The molecular formula is C21H22ClNO5S. The van der Waals surface area contributed by atoms with E-state index >= 15 is 0 Å². The number of aliphatic carboxylic acids is 1. The maximum atomic E-state index is 12.7. The minimum Gasteiger partial charge on any atom is -0.481 e. The average molecular weight is 436 g/mol. The summed E-state index contributed by atoms with van der Waals surface area (Å²) in [6, 6.07) is 14.3. The SMILES string of the molecule is CCC(=O)N(CC(CS(=O)c1ccc(-c2ccc(Cl)cc2)cc1)C(=O)O)C(C)=O. The van der Waals surface area contributed by atoms with E-state index < -0.39 is 34.5 Å². The number of benzene rings is 2. The van der Waals surface area contributed by atoms with Gasteiger partial charge in [0.1, 0.15) is 0 Å². The van der Waals surface area contributed by atoms with Gasteiger partial charge in [-0.1, -0.05) is 42.8 Å². The van der Waals surface area contributed by atoms with Crippen molar-refractivity contribution in [2.75, 3.05) is 12.3 Å². The highest BCUT2D eigenvalue weighted by atomic mass is 35.5. The van der Waals surface area contributed by atoms with Crippen molar-refractivity contribution in [3.05, 3.63) is 53.6 Å². The molecule has 0 saturated heterocycles. The Morgan fingerprint density at radius 3 is 2.00 bits per heavy atom. The Morgan fingerprint density at radius 1 is 1.03 bits per heavy atom. The number of carboxylic acid groups (broad SMARTS) is 1. The van der Waals surface area contributed by atoms with Crippen LogP contribution in [0.25, 0.3) is 11.1 Å². The van der Waals surface area contributed by atoms with E-state index in [1.54, 1.807) is 43.3 Å². The van der Waals surface area contributed by atoms with E-state index in [1.807, 2.05) is 12.1 Å². The largest absolute Gasteiger partial charge is 0.481 e. The zero-order valence-corrected chi connectivity index (χ0v) is 17.7. The molecule has 0 spiro atoms. The first kappa shape index (κ1) is 22.8. The Kier molecular flexibility index (Phi) is 8.10. The molecule has 2 unspecified atom stereocenters. The lowest BCUT2D eigenvalue weighted by Crippen LogP contribution is -2.42. The zero-order valence-electron chi connectivity index (χ0n) is 16.1. The molecule has 0 aliphatic heterocycles. The summed E-state index contributed by atoms with van der Waals surface area (Å²) in [5.41, 5.74) is 1.86. The van der Waals surface area contributed by atoms with Gasteiger partial charge in [0.25, 0.3) is 0 Å². The Hall–Kier alpha value is -2.51. The van der Waals surface area contributed by atoms with Crippen LogP contribution < -0.4 is 0 Å². The summed E-state index contributed by atoms with van der Waals surface area (Å²) in [5, 5.41) is 10.1. The van der Waals surface area contributed by atoms with Crippen molar-refractivity contribution in [1.29, 1.82) is 0 Å². The first-order valence-corrected chi connectivity index (χ1v) is 10.7. The van der Waals surface area contributed by atoms with Crippen LogP contribution in [0.2, 0.25) is 5.02 Å². The first-order valence-electron chi connectivity index (χ1n) is 9.01. The van der Waals surface area contributed by atoms with Crippen LogP contribution in [-0.4, -0.2) is 44.3 Å². The molecular weight excluding hydrogens is 414 g/mol. The summed E-state index contributed by atoms with van der Waals surface area (Å²) in [5.74, 6) is -3.50. The number of carbonyl (C=O) groups is 3. The van der Waals surface area contributed by atoms with Gasteiger partial charge < -0.3 is 5.11 Å². The molecule has 154 valence electrons.